The second kappa shape index (κ2) is 1.90. The predicted molar refractivity (Wildman–Crippen MR) is 34.7 cm³/mol. The van der Waals surface area contributed by atoms with Gasteiger partial charge in [0.1, 0.15) is 0 Å². The molecule has 0 aromatic carbocycles. The van der Waals surface area contributed by atoms with E-state index in [1.165, 1.54) is 6.92 Å². The maximum Gasteiger partial charge on any atom is 0.484 e. The summed E-state index contributed by atoms with van der Waals surface area (Å²) in [4.78, 5) is 0. The van der Waals surface area contributed by atoms with Crippen molar-refractivity contribution < 1.29 is 12.9 Å². The Morgan fingerprint density at radius 3 is 1.90 bits per heavy atom. The molecule has 0 radical (unpaired) electrons. The quantitative estimate of drug-likeness (QED) is 0.568. The van der Waals surface area contributed by atoms with E-state index in [0.717, 1.165) is 0 Å². The fourth-order valence-electron chi connectivity index (χ4n) is 1.41. The van der Waals surface area contributed by atoms with Crippen molar-refractivity contribution >= 4 is 6.98 Å². The molecule has 0 spiro atoms. The van der Waals surface area contributed by atoms with Gasteiger partial charge in [0.2, 0.25) is 0 Å². The van der Waals surface area contributed by atoms with Gasteiger partial charge in [-0.3, -0.25) is 0 Å². The second-order valence-corrected chi connectivity index (χ2v) is 3.40. The zero-order valence-corrected chi connectivity index (χ0v) is 5.78. The zero-order chi connectivity index (χ0) is 7.99. The summed E-state index contributed by atoms with van der Waals surface area (Å²) in [5.74, 6) is 0. The fraction of sp³-hybridized carbons (Fsp3) is 1.00. The van der Waals surface area contributed by atoms with Gasteiger partial charge in [-0.15, -0.1) is 0 Å². The molecule has 0 amide bonds. The van der Waals surface area contributed by atoms with Gasteiger partial charge in [0.25, 0.3) is 0 Å². The summed E-state index contributed by atoms with van der Waals surface area (Å²) in [6.07, 6.45) is 0.215. The third-order valence-electron chi connectivity index (χ3n) is 2.25. The fourth-order valence-corrected chi connectivity index (χ4v) is 1.41. The number of hydrogen-bond donors (Lipinski definition) is 1. The van der Waals surface area contributed by atoms with Crippen molar-refractivity contribution in [1.82, 2.24) is 0 Å². The lowest BCUT2D eigenvalue weighted by Crippen LogP contribution is -2.50. The highest BCUT2D eigenvalue weighted by Gasteiger charge is 2.52. The normalized spacial score (nSPS) is 41.1. The first-order valence-corrected chi connectivity index (χ1v) is 3.30. The summed E-state index contributed by atoms with van der Waals surface area (Å²) in [6, 6.07) is -0.228. The third-order valence-corrected chi connectivity index (χ3v) is 2.25. The van der Waals surface area contributed by atoms with Crippen molar-refractivity contribution in [1.29, 1.82) is 0 Å². The molecule has 1 aliphatic carbocycles. The molecule has 5 heteroatoms. The highest BCUT2D eigenvalue weighted by Crippen LogP contribution is 2.55. The van der Waals surface area contributed by atoms with Crippen molar-refractivity contribution in [2.45, 2.75) is 31.1 Å². The molecule has 2 N–H and O–H groups in total. The molecule has 0 aromatic rings. The minimum Gasteiger partial charge on any atom is -0.449 e. The van der Waals surface area contributed by atoms with E-state index in [2.05, 4.69) is 0 Å². The molecule has 0 aromatic heterocycles. The summed E-state index contributed by atoms with van der Waals surface area (Å²) in [5.41, 5.74) is 5.26. The van der Waals surface area contributed by atoms with Crippen molar-refractivity contribution in [3.05, 3.63) is 0 Å². The van der Waals surface area contributed by atoms with Crippen molar-refractivity contribution in [3.63, 3.8) is 0 Å². The first kappa shape index (κ1) is 7.92. The van der Waals surface area contributed by atoms with Crippen LogP contribution >= 0.6 is 0 Å². The molecule has 10 heavy (non-hydrogen) atoms. The van der Waals surface area contributed by atoms with Gasteiger partial charge in [-0.1, -0.05) is 25.1 Å². The standard InChI is InChI=1S/C5H10BF3N/c1-5(6(7,8)9)2-4(10)3-5/h4H,2-3,10H2,1H3/q-1. The molecule has 0 atom stereocenters. The van der Waals surface area contributed by atoms with E-state index in [1.54, 1.807) is 0 Å². The van der Waals surface area contributed by atoms with Crippen LogP contribution in [0.3, 0.4) is 0 Å². The highest BCUT2D eigenvalue weighted by molar-refractivity contribution is 6.62. The van der Waals surface area contributed by atoms with Crippen LogP contribution < -0.4 is 5.73 Å². The molecular formula is C5H10BF3N-. The summed E-state index contributed by atoms with van der Waals surface area (Å²) >= 11 is 0. The first-order valence-electron chi connectivity index (χ1n) is 3.30. The van der Waals surface area contributed by atoms with Crippen LogP contribution in [0.1, 0.15) is 19.8 Å². The van der Waals surface area contributed by atoms with E-state index in [4.69, 9.17) is 5.73 Å². The Bertz CT molecular complexity index is 138. The van der Waals surface area contributed by atoms with E-state index >= 15 is 0 Å². The van der Waals surface area contributed by atoms with Gasteiger partial charge in [0.05, 0.1) is 0 Å². The largest absolute Gasteiger partial charge is 0.484 e. The maximum atomic E-state index is 12.1. The summed E-state index contributed by atoms with van der Waals surface area (Å²) in [5, 5.41) is -1.43. The maximum absolute atomic E-state index is 12.1. The number of halogens is 3. The van der Waals surface area contributed by atoms with E-state index in [-0.39, 0.29) is 18.9 Å². The SMILES string of the molecule is CC1([B-](F)(F)F)CC(N)C1. The Balaban J connectivity index is 2.57. The molecule has 1 fully saturated rings. The molecule has 0 saturated heterocycles. The van der Waals surface area contributed by atoms with Crippen LogP contribution in [0.5, 0.6) is 0 Å². The van der Waals surface area contributed by atoms with Gasteiger partial charge in [-0.05, 0) is 6.04 Å². The second-order valence-electron chi connectivity index (χ2n) is 3.40. The van der Waals surface area contributed by atoms with E-state index < -0.39 is 12.3 Å². The molecular weight excluding hydrogens is 142 g/mol. The average molecular weight is 152 g/mol. The summed E-state index contributed by atoms with van der Waals surface area (Å²) in [6.45, 7) is -3.43. The topological polar surface area (TPSA) is 26.0 Å². The number of hydrogen-bond acceptors (Lipinski definition) is 1. The van der Waals surface area contributed by atoms with Gasteiger partial charge in [-0.2, -0.15) is 0 Å². The minimum absolute atomic E-state index is 0.108. The molecule has 0 aliphatic heterocycles. The summed E-state index contributed by atoms with van der Waals surface area (Å²) < 4.78 is 36.2. The highest BCUT2D eigenvalue weighted by atomic mass is 19.4. The van der Waals surface area contributed by atoms with Crippen LogP contribution in [-0.4, -0.2) is 13.0 Å². The summed E-state index contributed by atoms with van der Waals surface area (Å²) in [7, 11) is 0. The molecule has 60 valence electrons. The molecule has 0 heterocycles. The molecule has 1 rings (SSSR count). The third kappa shape index (κ3) is 1.03. The Labute approximate surface area is 57.8 Å². The number of rotatable bonds is 1. The van der Waals surface area contributed by atoms with Crippen LogP contribution in [0.2, 0.25) is 5.31 Å². The monoisotopic (exact) mass is 152 g/mol. The van der Waals surface area contributed by atoms with Gasteiger partial charge in [0.15, 0.2) is 0 Å². The Kier molecular flexibility index (Phi) is 1.51. The van der Waals surface area contributed by atoms with E-state index in [1.807, 2.05) is 0 Å². The van der Waals surface area contributed by atoms with E-state index in [9.17, 15) is 12.9 Å². The van der Waals surface area contributed by atoms with Crippen LogP contribution in [-0.2, 0) is 0 Å². The molecule has 0 bridgehead atoms. The van der Waals surface area contributed by atoms with Crippen LogP contribution in [0.25, 0.3) is 0 Å². The van der Waals surface area contributed by atoms with Gasteiger partial charge in [0, 0.05) is 0 Å². The lowest BCUT2D eigenvalue weighted by Gasteiger charge is -2.50. The van der Waals surface area contributed by atoms with Crippen molar-refractivity contribution in [2.75, 3.05) is 0 Å². The zero-order valence-electron chi connectivity index (χ0n) is 5.78. The van der Waals surface area contributed by atoms with Crippen LogP contribution in [0, 0.1) is 0 Å². The average Bonchev–Trinajstić information content (AvgIpc) is 1.58. The van der Waals surface area contributed by atoms with Gasteiger partial charge in [-0.25, -0.2) is 0 Å². The molecule has 0 unspecified atom stereocenters. The molecule has 1 aliphatic rings. The van der Waals surface area contributed by atoms with Crippen molar-refractivity contribution in [2.24, 2.45) is 5.73 Å². The number of nitrogens with two attached hydrogens (primary N) is 1. The van der Waals surface area contributed by atoms with Gasteiger partial charge < -0.3 is 18.7 Å². The lowest BCUT2D eigenvalue weighted by atomic mass is 9.47. The predicted octanol–water partition coefficient (Wildman–Crippen LogP) is 1.72. The molecule has 1 nitrogen and oxygen atoms in total. The Morgan fingerprint density at radius 1 is 1.40 bits per heavy atom. The Hall–Kier alpha value is -0.185. The van der Waals surface area contributed by atoms with Crippen LogP contribution in [0.15, 0.2) is 0 Å². The Morgan fingerprint density at radius 2 is 1.80 bits per heavy atom. The lowest BCUT2D eigenvalue weighted by molar-refractivity contribution is 0.227. The molecule has 1 saturated carbocycles. The van der Waals surface area contributed by atoms with E-state index in [0.29, 0.717) is 0 Å². The van der Waals surface area contributed by atoms with Crippen LogP contribution in [0.4, 0.5) is 12.9 Å². The first-order chi connectivity index (χ1) is 4.35. The smallest absolute Gasteiger partial charge is 0.449 e. The van der Waals surface area contributed by atoms with Crippen molar-refractivity contribution in [3.8, 4) is 0 Å². The minimum atomic E-state index is -4.68. The van der Waals surface area contributed by atoms with Gasteiger partial charge >= 0.3 is 6.98 Å².